The summed E-state index contributed by atoms with van der Waals surface area (Å²) in [4.78, 5) is 11.2. The first-order valence-corrected chi connectivity index (χ1v) is 4.97. The molecule has 0 saturated heterocycles. The Balaban J connectivity index is 2.25. The molecule has 18 heavy (non-hydrogen) atoms. The van der Waals surface area contributed by atoms with Crippen molar-refractivity contribution in [3.63, 3.8) is 0 Å². The number of hydrogen-bond donors (Lipinski definition) is 1. The Kier molecular flexibility index (Phi) is 2.90. The van der Waals surface area contributed by atoms with Crippen LogP contribution >= 0.6 is 0 Å². The van der Waals surface area contributed by atoms with Crippen molar-refractivity contribution in [3.05, 3.63) is 40.7 Å². The van der Waals surface area contributed by atoms with E-state index in [1.54, 1.807) is 7.05 Å². The van der Waals surface area contributed by atoms with Gasteiger partial charge in [0.05, 0.1) is 5.69 Å². The van der Waals surface area contributed by atoms with Gasteiger partial charge in [0.2, 0.25) is 0 Å². The number of H-pyrrole nitrogens is 1. The molecule has 0 aliphatic heterocycles. The lowest BCUT2D eigenvalue weighted by molar-refractivity contribution is -0.274. The van der Waals surface area contributed by atoms with Gasteiger partial charge >= 0.3 is 6.36 Å². The van der Waals surface area contributed by atoms with Crippen LogP contribution in [0.3, 0.4) is 0 Å². The standard InChI is InChI=1S/C11H9F3N2O2/c1-16-10(17)6-9(15-16)7-2-4-8(5-3-7)18-11(12,13)14/h2-6,15H,1H3. The lowest BCUT2D eigenvalue weighted by Crippen LogP contribution is -2.16. The van der Waals surface area contributed by atoms with Gasteiger partial charge < -0.3 is 4.74 Å². The summed E-state index contributed by atoms with van der Waals surface area (Å²) < 4.78 is 40.9. The van der Waals surface area contributed by atoms with Gasteiger partial charge in [0.1, 0.15) is 5.75 Å². The molecule has 0 spiro atoms. The topological polar surface area (TPSA) is 47.0 Å². The third-order valence-electron chi connectivity index (χ3n) is 2.29. The Morgan fingerprint density at radius 3 is 2.28 bits per heavy atom. The predicted molar refractivity (Wildman–Crippen MR) is 58.2 cm³/mol. The van der Waals surface area contributed by atoms with Crippen LogP contribution in [-0.2, 0) is 7.05 Å². The largest absolute Gasteiger partial charge is 0.573 e. The number of aromatic amines is 1. The number of aryl methyl sites for hydroxylation is 1. The zero-order chi connectivity index (χ0) is 13.3. The zero-order valence-electron chi connectivity index (χ0n) is 9.28. The molecule has 96 valence electrons. The van der Waals surface area contributed by atoms with Crippen LogP contribution in [0.2, 0.25) is 0 Å². The molecule has 0 aliphatic carbocycles. The highest BCUT2D eigenvalue weighted by Crippen LogP contribution is 2.25. The normalized spacial score (nSPS) is 11.6. The lowest BCUT2D eigenvalue weighted by atomic mass is 10.1. The lowest BCUT2D eigenvalue weighted by Gasteiger charge is -2.08. The van der Waals surface area contributed by atoms with E-state index < -0.39 is 6.36 Å². The zero-order valence-corrected chi connectivity index (χ0v) is 9.28. The first-order valence-electron chi connectivity index (χ1n) is 4.97. The average molecular weight is 258 g/mol. The first kappa shape index (κ1) is 12.3. The summed E-state index contributed by atoms with van der Waals surface area (Å²) >= 11 is 0. The van der Waals surface area contributed by atoms with Crippen molar-refractivity contribution in [2.45, 2.75) is 6.36 Å². The molecular formula is C11H9F3N2O2. The highest BCUT2D eigenvalue weighted by Gasteiger charge is 2.30. The van der Waals surface area contributed by atoms with Crippen LogP contribution in [0.1, 0.15) is 0 Å². The molecule has 0 atom stereocenters. The summed E-state index contributed by atoms with van der Waals surface area (Å²) in [6, 6.07) is 6.61. The molecule has 0 unspecified atom stereocenters. The molecule has 1 aromatic carbocycles. The van der Waals surface area contributed by atoms with E-state index in [4.69, 9.17) is 0 Å². The number of nitrogens with one attached hydrogen (secondary N) is 1. The minimum Gasteiger partial charge on any atom is -0.406 e. The van der Waals surface area contributed by atoms with Gasteiger partial charge in [-0.1, -0.05) is 0 Å². The van der Waals surface area contributed by atoms with Gasteiger partial charge in [-0.15, -0.1) is 13.2 Å². The number of halogens is 3. The number of aromatic nitrogens is 2. The van der Waals surface area contributed by atoms with Gasteiger partial charge in [0.15, 0.2) is 0 Å². The number of benzene rings is 1. The molecule has 1 N–H and O–H groups in total. The molecule has 1 heterocycles. The number of hydrogen-bond acceptors (Lipinski definition) is 2. The van der Waals surface area contributed by atoms with Crippen molar-refractivity contribution in [2.24, 2.45) is 7.05 Å². The summed E-state index contributed by atoms with van der Waals surface area (Å²) in [7, 11) is 1.55. The van der Waals surface area contributed by atoms with Crippen LogP contribution in [0.4, 0.5) is 13.2 Å². The second-order valence-electron chi connectivity index (χ2n) is 3.64. The van der Waals surface area contributed by atoms with Crippen LogP contribution < -0.4 is 10.3 Å². The summed E-state index contributed by atoms with van der Waals surface area (Å²) in [5, 5.41) is 2.77. The number of rotatable bonds is 2. The molecule has 7 heteroatoms. The molecule has 2 rings (SSSR count). The van der Waals surface area contributed by atoms with Gasteiger partial charge in [0.25, 0.3) is 5.56 Å². The number of ether oxygens (including phenoxy) is 1. The number of nitrogens with zero attached hydrogens (tertiary/aromatic N) is 1. The third-order valence-corrected chi connectivity index (χ3v) is 2.29. The van der Waals surface area contributed by atoms with Crippen LogP contribution in [0.15, 0.2) is 35.1 Å². The molecule has 0 amide bonds. The summed E-state index contributed by atoms with van der Waals surface area (Å²) in [6.45, 7) is 0. The SMILES string of the molecule is Cn1[nH]c(-c2ccc(OC(F)(F)F)cc2)cc1=O. The number of alkyl halides is 3. The quantitative estimate of drug-likeness (QED) is 0.898. The maximum absolute atomic E-state index is 11.9. The first-order chi connectivity index (χ1) is 8.35. The van der Waals surface area contributed by atoms with E-state index in [0.717, 1.165) is 0 Å². The van der Waals surface area contributed by atoms with E-state index in [-0.39, 0.29) is 11.3 Å². The molecule has 0 bridgehead atoms. The highest BCUT2D eigenvalue weighted by atomic mass is 19.4. The third kappa shape index (κ3) is 2.73. The van der Waals surface area contributed by atoms with Crippen LogP contribution in [0.5, 0.6) is 5.75 Å². The van der Waals surface area contributed by atoms with Gasteiger partial charge in [-0.2, -0.15) is 0 Å². The fraction of sp³-hybridized carbons (Fsp3) is 0.182. The molecule has 1 aromatic heterocycles. The summed E-state index contributed by atoms with van der Waals surface area (Å²) in [6.07, 6.45) is -4.71. The second kappa shape index (κ2) is 4.25. The molecular weight excluding hydrogens is 249 g/mol. The van der Waals surface area contributed by atoms with Gasteiger partial charge in [-0.05, 0) is 29.8 Å². The maximum atomic E-state index is 11.9. The van der Waals surface area contributed by atoms with E-state index in [9.17, 15) is 18.0 Å². The van der Waals surface area contributed by atoms with Gasteiger partial charge in [-0.25, -0.2) is 0 Å². The van der Waals surface area contributed by atoms with Crippen molar-refractivity contribution in [1.82, 2.24) is 9.78 Å². The van der Waals surface area contributed by atoms with E-state index in [0.29, 0.717) is 11.3 Å². The van der Waals surface area contributed by atoms with Crippen molar-refractivity contribution in [3.8, 4) is 17.0 Å². The highest BCUT2D eigenvalue weighted by molar-refractivity contribution is 5.59. The van der Waals surface area contributed by atoms with E-state index in [2.05, 4.69) is 9.84 Å². The van der Waals surface area contributed by atoms with Crippen molar-refractivity contribution >= 4 is 0 Å². The van der Waals surface area contributed by atoms with Crippen LogP contribution in [0.25, 0.3) is 11.3 Å². The van der Waals surface area contributed by atoms with Gasteiger partial charge in [-0.3, -0.25) is 14.6 Å². The van der Waals surface area contributed by atoms with E-state index >= 15 is 0 Å². The Morgan fingerprint density at radius 2 is 1.83 bits per heavy atom. The maximum Gasteiger partial charge on any atom is 0.573 e. The Bertz CT molecular complexity index is 596. The van der Waals surface area contributed by atoms with Crippen molar-refractivity contribution < 1.29 is 17.9 Å². The average Bonchev–Trinajstić information content (AvgIpc) is 2.58. The fourth-order valence-corrected chi connectivity index (χ4v) is 1.47. The Labute approximate surface area is 99.6 Å². The summed E-state index contributed by atoms with van der Waals surface area (Å²) in [5.41, 5.74) is 0.906. The summed E-state index contributed by atoms with van der Waals surface area (Å²) in [5.74, 6) is -0.301. The smallest absolute Gasteiger partial charge is 0.406 e. The second-order valence-corrected chi connectivity index (χ2v) is 3.64. The molecule has 0 saturated carbocycles. The Hall–Kier alpha value is -2.18. The fourth-order valence-electron chi connectivity index (χ4n) is 1.47. The molecule has 4 nitrogen and oxygen atoms in total. The van der Waals surface area contributed by atoms with Crippen LogP contribution in [0, 0.1) is 0 Å². The minimum absolute atomic E-state index is 0.222. The van der Waals surface area contributed by atoms with E-state index in [1.165, 1.54) is 35.0 Å². The molecule has 0 radical (unpaired) electrons. The molecule has 0 aliphatic rings. The van der Waals surface area contributed by atoms with Gasteiger partial charge in [0, 0.05) is 13.1 Å². The van der Waals surface area contributed by atoms with Crippen molar-refractivity contribution in [1.29, 1.82) is 0 Å². The minimum atomic E-state index is -4.71. The molecule has 2 aromatic rings. The van der Waals surface area contributed by atoms with E-state index in [1.807, 2.05) is 0 Å². The molecule has 0 fully saturated rings. The monoisotopic (exact) mass is 258 g/mol. The van der Waals surface area contributed by atoms with Crippen molar-refractivity contribution in [2.75, 3.05) is 0 Å². The van der Waals surface area contributed by atoms with Crippen LogP contribution in [-0.4, -0.2) is 16.1 Å². The Morgan fingerprint density at radius 1 is 1.22 bits per heavy atom. The predicted octanol–water partition coefficient (Wildman–Crippen LogP) is 2.28.